The lowest BCUT2D eigenvalue weighted by atomic mass is 10.0. The van der Waals surface area contributed by atoms with Gasteiger partial charge in [0.2, 0.25) is 0 Å². The molecule has 1 aromatic heterocycles. The molecule has 0 radical (unpaired) electrons. The number of benzene rings is 2. The van der Waals surface area contributed by atoms with E-state index in [1.54, 1.807) is 18.3 Å². The van der Waals surface area contributed by atoms with Crippen molar-refractivity contribution in [1.29, 1.82) is 0 Å². The maximum Gasteiger partial charge on any atom is 0.252 e. The number of rotatable bonds is 4. The maximum absolute atomic E-state index is 12.4. The van der Waals surface area contributed by atoms with Gasteiger partial charge < -0.3 is 10.4 Å². The van der Waals surface area contributed by atoms with Crippen molar-refractivity contribution in [2.24, 2.45) is 0 Å². The average Bonchev–Trinajstić information content (AvgIpc) is 2.59. The lowest BCUT2D eigenvalue weighted by Crippen LogP contribution is -2.28. The molecule has 1 heterocycles. The average molecular weight is 306 g/mol. The first-order valence-electron chi connectivity index (χ1n) is 7.52. The summed E-state index contributed by atoms with van der Waals surface area (Å²) in [6.45, 7) is 2.11. The van der Waals surface area contributed by atoms with Gasteiger partial charge in [0.25, 0.3) is 5.91 Å². The molecule has 4 heteroatoms. The number of aromatic nitrogens is 1. The fraction of sp³-hybridized carbons (Fsp3) is 0.158. The van der Waals surface area contributed by atoms with Crippen molar-refractivity contribution in [2.45, 2.75) is 13.0 Å². The third kappa shape index (κ3) is 3.22. The van der Waals surface area contributed by atoms with Gasteiger partial charge in [-0.2, -0.15) is 0 Å². The van der Waals surface area contributed by atoms with Crippen molar-refractivity contribution in [3.8, 4) is 0 Å². The van der Waals surface area contributed by atoms with Crippen LogP contribution in [0.1, 0.15) is 27.6 Å². The summed E-state index contributed by atoms with van der Waals surface area (Å²) < 4.78 is 0. The second-order valence-electron chi connectivity index (χ2n) is 5.46. The van der Waals surface area contributed by atoms with Gasteiger partial charge in [-0.25, -0.2) is 0 Å². The Hall–Kier alpha value is -2.72. The zero-order valence-corrected chi connectivity index (χ0v) is 12.9. The molecule has 2 N–H and O–H groups in total. The van der Waals surface area contributed by atoms with E-state index in [0.29, 0.717) is 5.56 Å². The SMILES string of the molecule is Cc1ccccc1C(O)CNC(=O)c1cccc2ncccc12. The molecule has 0 saturated carbocycles. The molecule has 0 aliphatic carbocycles. The third-order valence-electron chi connectivity index (χ3n) is 3.89. The largest absolute Gasteiger partial charge is 0.387 e. The van der Waals surface area contributed by atoms with Crippen molar-refractivity contribution in [3.63, 3.8) is 0 Å². The van der Waals surface area contributed by atoms with Crippen LogP contribution in [0.25, 0.3) is 10.9 Å². The molecule has 3 aromatic rings. The topological polar surface area (TPSA) is 62.2 Å². The first-order valence-corrected chi connectivity index (χ1v) is 7.52. The number of aryl methyl sites for hydroxylation is 1. The summed E-state index contributed by atoms with van der Waals surface area (Å²) >= 11 is 0. The summed E-state index contributed by atoms with van der Waals surface area (Å²) in [5, 5.41) is 13.9. The Morgan fingerprint density at radius 2 is 1.96 bits per heavy atom. The van der Waals surface area contributed by atoms with Crippen LogP contribution >= 0.6 is 0 Å². The van der Waals surface area contributed by atoms with Crippen LogP contribution in [0.2, 0.25) is 0 Å². The van der Waals surface area contributed by atoms with Crippen LogP contribution in [0.4, 0.5) is 0 Å². The van der Waals surface area contributed by atoms with Crippen molar-refractivity contribution in [1.82, 2.24) is 10.3 Å². The van der Waals surface area contributed by atoms with Gasteiger partial charge in [0.1, 0.15) is 0 Å². The monoisotopic (exact) mass is 306 g/mol. The van der Waals surface area contributed by atoms with Gasteiger partial charge >= 0.3 is 0 Å². The summed E-state index contributed by atoms with van der Waals surface area (Å²) in [4.78, 5) is 16.7. The highest BCUT2D eigenvalue weighted by atomic mass is 16.3. The van der Waals surface area contributed by atoms with Crippen LogP contribution in [-0.2, 0) is 0 Å². The second-order valence-corrected chi connectivity index (χ2v) is 5.46. The molecule has 1 unspecified atom stereocenters. The highest BCUT2D eigenvalue weighted by Gasteiger charge is 2.14. The number of amides is 1. The van der Waals surface area contributed by atoms with E-state index < -0.39 is 6.10 Å². The minimum atomic E-state index is -0.728. The summed E-state index contributed by atoms with van der Waals surface area (Å²) in [6, 6.07) is 16.7. The van der Waals surface area contributed by atoms with E-state index in [1.807, 2.05) is 49.4 Å². The molecule has 1 atom stereocenters. The van der Waals surface area contributed by atoms with Crippen LogP contribution in [0.15, 0.2) is 60.8 Å². The minimum absolute atomic E-state index is 0.167. The molecule has 0 bridgehead atoms. The van der Waals surface area contributed by atoms with Crippen LogP contribution in [-0.4, -0.2) is 22.5 Å². The van der Waals surface area contributed by atoms with Crippen molar-refractivity contribution < 1.29 is 9.90 Å². The molecule has 0 saturated heterocycles. The first kappa shape index (κ1) is 15.2. The third-order valence-corrected chi connectivity index (χ3v) is 3.89. The number of aliphatic hydroxyl groups excluding tert-OH is 1. The Morgan fingerprint density at radius 3 is 2.78 bits per heavy atom. The number of fused-ring (bicyclic) bond motifs is 1. The van der Waals surface area contributed by atoms with E-state index in [-0.39, 0.29) is 12.5 Å². The molecule has 0 spiro atoms. The Kier molecular flexibility index (Phi) is 4.35. The van der Waals surface area contributed by atoms with Crippen LogP contribution in [0.3, 0.4) is 0 Å². The van der Waals surface area contributed by atoms with E-state index in [9.17, 15) is 9.90 Å². The molecule has 23 heavy (non-hydrogen) atoms. The maximum atomic E-state index is 12.4. The zero-order valence-electron chi connectivity index (χ0n) is 12.9. The highest BCUT2D eigenvalue weighted by molar-refractivity contribution is 6.06. The predicted octanol–water partition coefficient (Wildman–Crippen LogP) is 3.01. The Morgan fingerprint density at radius 1 is 1.13 bits per heavy atom. The van der Waals surface area contributed by atoms with Crippen molar-refractivity contribution in [2.75, 3.05) is 6.54 Å². The van der Waals surface area contributed by atoms with Gasteiger partial charge in [-0.05, 0) is 36.2 Å². The van der Waals surface area contributed by atoms with Crippen LogP contribution in [0, 0.1) is 6.92 Å². The molecule has 0 fully saturated rings. The number of hydrogen-bond donors (Lipinski definition) is 2. The molecular formula is C19H18N2O2. The number of pyridine rings is 1. The molecule has 0 aliphatic rings. The van der Waals surface area contributed by atoms with Gasteiger partial charge in [0, 0.05) is 23.7 Å². The molecule has 1 amide bonds. The standard InChI is InChI=1S/C19H18N2O2/c1-13-6-2-3-7-14(13)18(22)12-21-19(23)16-8-4-10-17-15(16)9-5-11-20-17/h2-11,18,22H,12H2,1H3,(H,21,23). The van der Waals surface area contributed by atoms with E-state index in [1.165, 1.54) is 0 Å². The second kappa shape index (κ2) is 6.58. The summed E-state index contributed by atoms with van der Waals surface area (Å²) in [5.74, 6) is -0.212. The number of hydrogen-bond acceptors (Lipinski definition) is 3. The first-order chi connectivity index (χ1) is 11.2. The van der Waals surface area contributed by atoms with Gasteiger partial charge in [0.05, 0.1) is 11.6 Å². The normalized spacial score (nSPS) is 12.1. The zero-order chi connectivity index (χ0) is 16.2. The van der Waals surface area contributed by atoms with E-state index >= 15 is 0 Å². The smallest absolute Gasteiger partial charge is 0.252 e. The summed E-state index contributed by atoms with van der Waals surface area (Å²) in [6.07, 6.45) is 0.972. The Labute approximate surface area is 134 Å². The number of nitrogens with zero attached hydrogens (tertiary/aromatic N) is 1. The number of carbonyl (C=O) groups is 1. The van der Waals surface area contributed by atoms with Gasteiger partial charge in [0.15, 0.2) is 0 Å². The minimum Gasteiger partial charge on any atom is -0.387 e. The molecular weight excluding hydrogens is 288 g/mol. The summed E-state index contributed by atoms with van der Waals surface area (Å²) in [7, 11) is 0. The predicted molar refractivity (Wildman–Crippen MR) is 90.2 cm³/mol. The van der Waals surface area contributed by atoms with Crippen molar-refractivity contribution >= 4 is 16.8 Å². The Bertz CT molecular complexity index is 840. The van der Waals surface area contributed by atoms with Gasteiger partial charge in [-0.1, -0.05) is 36.4 Å². The molecule has 3 rings (SSSR count). The lowest BCUT2D eigenvalue weighted by Gasteiger charge is -2.15. The highest BCUT2D eigenvalue weighted by Crippen LogP contribution is 2.18. The van der Waals surface area contributed by atoms with E-state index in [2.05, 4.69) is 10.3 Å². The number of nitrogens with one attached hydrogen (secondary N) is 1. The summed E-state index contributed by atoms with van der Waals surface area (Å²) in [5.41, 5.74) is 3.17. The molecule has 116 valence electrons. The lowest BCUT2D eigenvalue weighted by molar-refractivity contribution is 0.0917. The Balaban J connectivity index is 1.75. The molecule has 2 aromatic carbocycles. The number of aliphatic hydroxyl groups is 1. The quantitative estimate of drug-likeness (QED) is 0.779. The molecule has 4 nitrogen and oxygen atoms in total. The van der Waals surface area contributed by atoms with Gasteiger partial charge in [-0.3, -0.25) is 9.78 Å². The van der Waals surface area contributed by atoms with Gasteiger partial charge in [-0.15, -0.1) is 0 Å². The van der Waals surface area contributed by atoms with E-state index in [4.69, 9.17) is 0 Å². The van der Waals surface area contributed by atoms with E-state index in [0.717, 1.165) is 22.0 Å². The fourth-order valence-corrected chi connectivity index (χ4v) is 2.66. The molecule has 0 aliphatic heterocycles. The van der Waals surface area contributed by atoms with Crippen molar-refractivity contribution in [3.05, 3.63) is 77.5 Å². The van der Waals surface area contributed by atoms with Crippen LogP contribution < -0.4 is 5.32 Å². The number of carbonyl (C=O) groups excluding carboxylic acids is 1. The fourth-order valence-electron chi connectivity index (χ4n) is 2.66. The van der Waals surface area contributed by atoms with Crippen LogP contribution in [0.5, 0.6) is 0 Å².